The average Bonchev–Trinajstić information content (AvgIpc) is 2.84. The molecule has 0 bridgehead atoms. The minimum atomic E-state index is -0.350. The number of amides is 1. The van der Waals surface area contributed by atoms with E-state index in [-0.39, 0.29) is 17.8 Å². The van der Waals surface area contributed by atoms with Gasteiger partial charge >= 0.3 is 0 Å². The molecule has 0 aromatic heterocycles. The van der Waals surface area contributed by atoms with E-state index in [2.05, 4.69) is 22.6 Å². The van der Waals surface area contributed by atoms with Crippen LogP contribution in [0.1, 0.15) is 18.0 Å². The van der Waals surface area contributed by atoms with E-state index in [0.717, 1.165) is 25.1 Å². The Labute approximate surface area is 105 Å². The molecule has 5 heteroatoms. The van der Waals surface area contributed by atoms with E-state index in [1.807, 2.05) is 0 Å². The van der Waals surface area contributed by atoms with Crippen molar-refractivity contribution in [3.05, 3.63) is 29.6 Å². The Hall–Kier alpha value is -1.46. The standard InChI is InChI=1S/C13H16FN3O/c1-17-5-4-9(7-17)15-12-10-3-2-8(14)6-11(10)16-13(12)18/h2-3,6,9,12,15H,4-5,7H2,1H3,(H,16,18). The number of rotatable bonds is 2. The monoisotopic (exact) mass is 249 g/mol. The van der Waals surface area contributed by atoms with Crippen LogP contribution in [0.2, 0.25) is 0 Å². The summed E-state index contributed by atoms with van der Waals surface area (Å²) in [5.74, 6) is -0.416. The average molecular weight is 249 g/mol. The Morgan fingerprint density at radius 1 is 1.50 bits per heavy atom. The molecular weight excluding hydrogens is 233 g/mol. The quantitative estimate of drug-likeness (QED) is 0.825. The van der Waals surface area contributed by atoms with Crippen molar-refractivity contribution in [2.75, 3.05) is 25.5 Å². The predicted octanol–water partition coefficient (Wildman–Crippen LogP) is 1.11. The van der Waals surface area contributed by atoms with E-state index in [9.17, 15) is 9.18 Å². The SMILES string of the molecule is CN1CCC(NC2C(=O)Nc3cc(F)ccc32)C1. The fourth-order valence-electron chi connectivity index (χ4n) is 2.71. The van der Waals surface area contributed by atoms with Crippen LogP contribution in [0.5, 0.6) is 0 Å². The molecule has 2 N–H and O–H groups in total. The topological polar surface area (TPSA) is 44.4 Å². The van der Waals surface area contributed by atoms with Crippen molar-refractivity contribution in [3.63, 3.8) is 0 Å². The van der Waals surface area contributed by atoms with Gasteiger partial charge < -0.3 is 10.2 Å². The van der Waals surface area contributed by atoms with Gasteiger partial charge in [0.2, 0.25) is 5.91 Å². The molecule has 1 aromatic carbocycles. The van der Waals surface area contributed by atoms with Crippen LogP contribution in [-0.2, 0) is 4.79 Å². The van der Waals surface area contributed by atoms with Crippen LogP contribution in [-0.4, -0.2) is 37.0 Å². The van der Waals surface area contributed by atoms with E-state index in [1.54, 1.807) is 6.07 Å². The first kappa shape index (κ1) is 11.6. The molecule has 1 saturated heterocycles. The second-order valence-corrected chi connectivity index (χ2v) is 5.07. The lowest BCUT2D eigenvalue weighted by Gasteiger charge is -2.17. The van der Waals surface area contributed by atoms with Gasteiger partial charge in [0.15, 0.2) is 0 Å². The number of hydrogen-bond acceptors (Lipinski definition) is 3. The number of anilines is 1. The molecule has 2 aliphatic rings. The van der Waals surface area contributed by atoms with Crippen LogP contribution in [0.25, 0.3) is 0 Å². The summed E-state index contributed by atoms with van der Waals surface area (Å²) in [6, 6.07) is 4.42. The van der Waals surface area contributed by atoms with Gasteiger partial charge in [-0.1, -0.05) is 6.07 Å². The Morgan fingerprint density at radius 3 is 3.06 bits per heavy atom. The molecule has 1 fully saturated rings. The van der Waals surface area contributed by atoms with Crippen LogP contribution in [0.15, 0.2) is 18.2 Å². The number of nitrogens with zero attached hydrogens (tertiary/aromatic N) is 1. The van der Waals surface area contributed by atoms with Gasteiger partial charge in [-0.25, -0.2) is 4.39 Å². The maximum Gasteiger partial charge on any atom is 0.246 e. The molecule has 2 heterocycles. The van der Waals surface area contributed by atoms with Crippen molar-refractivity contribution in [3.8, 4) is 0 Å². The predicted molar refractivity (Wildman–Crippen MR) is 66.8 cm³/mol. The lowest BCUT2D eigenvalue weighted by atomic mass is 10.1. The highest BCUT2D eigenvalue weighted by molar-refractivity contribution is 6.02. The number of hydrogen-bond donors (Lipinski definition) is 2. The molecule has 1 amide bonds. The van der Waals surface area contributed by atoms with E-state index in [0.29, 0.717) is 11.7 Å². The Balaban J connectivity index is 1.79. The fraction of sp³-hybridized carbons (Fsp3) is 0.462. The van der Waals surface area contributed by atoms with Gasteiger partial charge in [-0.05, 0) is 32.1 Å². The van der Waals surface area contributed by atoms with Gasteiger partial charge in [-0.3, -0.25) is 10.1 Å². The highest BCUT2D eigenvalue weighted by atomic mass is 19.1. The number of benzene rings is 1. The number of nitrogens with one attached hydrogen (secondary N) is 2. The second kappa shape index (κ2) is 4.33. The zero-order valence-electron chi connectivity index (χ0n) is 10.2. The summed E-state index contributed by atoms with van der Waals surface area (Å²) in [4.78, 5) is 14.1. The zero-order chi connectivity index (χ0) is 12.7. The number of fused-ring (bicyclic) bond motifs is 1. The first-order valence-electron chi connectivity index (χ1n) is 6.18. The zero-order valence-corrected chi connectivity index (χ0v) is 10.2. The molecule has 0 aliphatic carbocycles. The normalized spacial score (nSPS) is 27.3. The Kier molecular flexibility index (Phi) is 2.80. The van der Waals surface area contributed by atoms with E-state index in [1.165, 1.54) is 12.1 Å². The Morgan fingerprint density at radius 2 is 2.33 bits per heavy atom. The van der Waals surface area contributed by atoms with Crippen molar-refractivity contribution < 1.29 is 9.18 Å². The van der Waals surface area contributed by atoms with E-state index >= 15 is 0 Å². The van der Waals surface area contributed by atoms with E-state index < -0.39 is 0 Å². The molecule has 2 aliphatic heterocycles. The molecule has 2 atom stereocenters. The minimum Gasteiger partial charge on any atom is -0.324 e. The second-order valence-electron chi connectivity index (χ2n) is 5.07. The van der Waals surface area contributed by atoms with Crippen LogP contribution in [0.3, 0.4) is 0 Å². The lowest BCUT2D eigenvalue weighted by Crippen LogP contribution is -2.37. The highest BCUT2D eigenvalue weighted by Gasteiger charge is 2.33. The molecule has 18 heavy (non-hydrogen) atoms. The smallest absolute Gasteiger partial charge is 0.246 e. The van der Waals surface area contributed by atoms with Gasteiger partial charge in [0.1, 0.15) is 11.9 Å². The van der Waals surface area contributed by atoms with Crippen molar-refractivity contribution in [1.29, 1.82) is 0 Å². The molecule has 96 valence electrons. The van der Waals surface area contributed by atoms with Gasteiger partial charge in [-0.15, -0.1) is 0 Å². The number of halogens is 1. The summed E-state index contributed by atoms with van der Waals surface area (Å²) >= 11 is 0. The first-order valence-corrected chi connectivity index (χ1v) is 6.18. The number of carbonyl (C=O) groups excluding carboxylic acids is 1. The van der Waals surface area contributed by atoms with Gasteiger partial charge in [-0.2, -0.15) is 0 Å². The van der Waals surface area contributed by atoms with Crippen LogP contribution >= 0.6 is 0 Å². The molecule has 1 aromatic rings. The van der Waals surface area contributed by atoms with Gasteiger partial charge in [0, 0.05) is 23.8 Å². The lowest BCUT2D eigenvalue weighted by molar-refractivity contribution is -0.117. The minimum absolute atomic E-state index is 0.0925. The molecule has 0 radical (unpaired) electrons. The van der Waals surface area contributed by atoms with Crippen LogP contribution in [0, 0.1) is 5.82 Å². The largest absolute Gasteiger partial charge is 0.324 e. The van der Waals surface area contributed by atoms with Gasteiger partial charge in [0.05, 0.1) is 0 Å². The molecule has 3 rings (SSSR count). The van der Waals surface area contributed by atoms with Crippen molar-refractivity contribution in [1.82, 2.24) is 10.2 Å². The number of likely N-dealkylation sites (tertiary alicyclic amines) is 1. The third-order valence-corrected chi connectivity index (χ3v) is 3.64. The maximum atomic E-state index is 13.1. The summed E-state index contributed by atoms with van der Waals surface area (Å²) in [7, 11) is 2.07. The number of likely N-dealkylation sites (N-methyl/N-ethyl adjacent to an activating group) is 1. The summed E-state index contributed by atoms with van der Waals surface area (Å²) < 4.78 is 13.1. The first-order chi connectivity index (χ1) is 8.63. The highest BCUT2D eigenvalue weighted by Crippen LogP contribution is 2.32. The van der Waals surface area contributed by atoms with Crippen molar-refractivity contribution in [2.24, 2.45) is 0 Å². The van der Waals surface area contributed by atoms with Crippen molar-refractivity contribution in [2.45, 2.75) is 18.5 Å². The van der Waals surface area contributed by atoms with Crippen LogP contribution in [0.4, 0.5) is 10.1 Å². The van der Waals surface area contributed by atoms with Crippen LogP contribution < -0.4 is 10.6 Å². The summed E-state index contributed by atoms with van der Waals surface area (Å²) in [5.41, 5.74) is 1.43. The molecule has 0 saturated carbocycles. The van der Waals surface area contributed by atoms with E-state index in [4.69, 9.17) is 0 Å². The van der Waals surface area contributed by atoms with Gasteiger partial charge in [0.25, 0.3) is 0 Å². The third kappa shape index (κ3) is 2.00. The number of carbonyl (C=O) groups is 1. The molecule has 0 spiro atoms. The Bertz CT molecular complexity index is 491. The summed E-state index contributed by atoms with van der Waals surface area (Å²) in [6.45, 7) is 1.99. The molecular formula is C13H16FN3O. The maximum absolute atomic E-state index is 13.1. The molecule has 2 unspecified atom stereocenters. The molecule has 4 nitrogen and oxygen atoms in total. The van der Waals surface area contributed by atoms with Crippen molar-refractivity contribution >= 4 is 11.6 Å². The summed E-state index contributed by atoms with van der Waals surface area (Å²) in [5, 5.41) is 6.08. The fourth-order valence-corrected chi connectivity index (χ4v) is 2.71. The third-order valence-electron chi connectivity index (χ3n) is 3.64. The summed E-state index contributed by atoms with van der Waals surface area (Å²) in [6.07, 6.45) is 1.04.